The van der Waals surface area contributed by atoms with Gasteiger partial charge in [0.2, 0.25) is 10.0 Å². The van der Waals surface area contributed by atoms with Crippen LogP contribution in [0.5, 0.6) is 0 Å². The SMILES string of the molecule is CC(C(=O)O)S(=O)(=O)N1CCN(C(=O)N(C)C)CC1. The zero-order valence-electron chi connectivity index (χ0n) is 11.2. The average molecular weight is 293 g/mol. The molecule has 1 aliphatic heterocycles. The average Bonchev–Trinajstić information content (AvgIpc) is 2.36. The highest BCUT2D eigenvalue weighted by molar-refractivity contribution is 7.90. The highest BCUT2D eigenvalue weighted by atomic mass is 32.2. The molecule has 1 fully saturated rings. The van der Waals surface area contributed by atoms with E-state index in [9.17, 15) is 18.0 Å². The molecule has 110 valence electrons. The lowest BCUT2D eigenvalue weighted by atomic mass is 10.4. The standard InChI is InChI=1S/C10H19N3O5S/c1-8(9(14)15)19(17,18)13-6-4-12(5-7-13)10(16)11(2)3/h8H,4-7H2,1-3H3,(H,14,15). The zero-order valence-corrected chi connectivity index (χ0v) is 12.1. The van der Waals surface area contributed by atoms with Crippen molar-refractivity contribution in [1.82, 2.24) is 14.1 Å². The van der Waals surface area contributed by atoms with Gasteiger partial charge in [0.05, 0.1) is 0 Å². The highest BCUT2D eigenvalue weighted by Gasteiger charge is 2.36. The topological polar surface area (TPSA) is 98.2 Å². The van der Waals surface area contributed by atoms with E-state index in [-0.39, 0.29) is 32.2 Å². The van der Waals surface area contributed by atoms with Gasteiger partial charge in [-0.15, -0.1) is 0 Å². The number of hydrogen-bond donors (Lipinski definition) is 1. The molecule has 19 heavy (non-hydrogen) atoms. The van der Waals surface area contributed by atoms with Crippen molar-refractivity contribution in [1.29, 1.82) is 0 Å². The molecule has 1 aliphatic rings. The summed E-state index contributed by atoms with van der Waals surface area (Å²) in [5, 5.41) is 7.32. The van der Waals surface area contributed by atoms with Gasteiger partial charge in [0.25, 0.3) is 0 Å². The minimum atomic E-state index is -3.85. The van der Waals surface area contributed by atoms with E-state index in [0.717, 1.165) is 11.2 Å². The summed E-state index contributed by atoms with van der Waals surface area (Å²) in [6.45, 7) is 1.93. The van der Waals surface area contributed by atoms with Crippen molar-refractivity contribution >= 4 is 22.0 Å². The Labute approximate surface area is 112 Å². The Morgan fingerprint density at radius 3 is 2.00 bits per heavy atom. The lowest BCUT2D eigenvalue weighted by molar-refractivity contribution is -0.136. The van der Waals surface area contributed by atoms with Crippen LogP contribution in [-0.2, 0) is 14.8 Å². The quantitative estimate of drug-likeness (QED) is 0.726. The number of nitrogens with zero attached hydrogens (tertiary/aromatic N) is 3. The van der Waals surface area contributed by atoms with Crippen LogP contribution in [0.1, 0.15) is 6.92 Å². The maximum atomic E-state index is 12.0. The van der Waals surface area contributed by atoms with Crippen molar-refractivity contribution in [2.24, 2.45) is 0 Å². The van der Waals surface area contributed by atoms with E-state index in [1.807, 2.05) is 0 Å². The van der Waals surface area contributed by atoms with Crippen LogP contribution in [-0.4, -0.2) is 85.2 Å². The normalized spacial score (nSPS) is 19.0. The Morgan fingerprint density at radius 2 is 1.63 bits per heavy atom. The molecule has 1 atom stereocenters. The molecular formula is C10H19N3O5S. The molecule has 0 aromatic rings. The lowest BCUT2D eigenvalue weighted by Gasteiger charge is -2.35. The number of urea groups is 1. The summed E-state index contributed by atoms with van der Waals surface area (Å²) in [5.74, 6) is -1.37. The van der Waals surface area contributed by atoms with Gasteiger partial charge >= 0.3 is 12.0 Å². The number of carboxylic acid groups (broad SMARTS) is 1. The van der Waals surface area contributed by atoms with Gasteiger partial charge < -0.3 is 14.9 Å². The molecule has 0 saturated carbocycles. The Morgan fingerprint density at radius 1 is 1.16 bits per heavy atom. The molecule has 1 N–H and O–H groups in total. The fourth-order valence-electron chi connectivity index (χ4n) is 1.77. The molecule has 9 heteroatoms. The van der Waals surface area contributed by atoms with Gasteiger partial charge in [0, 0.05) is 40.3 Å². The monoisotopic (exact) mass is 293 g/mol. The van der Waals surface area contributed by atoms with Crippen molar-refractivity contribution in [3.63, 3.8) is 0 Å². The third kappa shape index (κ3) is 3.35. The Bertz CT molecular complexity index is 454. The first kappa shape index (κ1) is 15.7. The first-order valence-corrected chi connectivity index (χ1v) is 7.36. The fraction of sp³-hybridized carbons (Fsp3) is 0.800. The fourth-order valence-corrected chi connectivity index (χ4v) is 3.14. The van der Waals surface area contributed by atoms with Crippen molar-refractivity contribution in [2.75, 3.05) is 40.3 Å². The number of amides is 2. The Hall–Kier alpha value is -1.35. The van der Waals surface area contributed by atoms with Gasteiger partial charge in [0.1, 0.15) is 0 Å². The van der Waals surface area contributed by atoms with Gasteiger partial charge in [0.15, 0.2) is 5.25 Å². The van der Waals surface area contributed by atoms with E-state index < -0.39 is 21.2 Å². The van der Waals surface area contributed by atoms with Crippen molar-refractivity contribution < 1.29 is 23.1 Å². The molecule has 8 nitrogen and oxygen atoms in total. The summed E-state index contributed by atoms with van der Waals surface area (Å²) >= 11 is 0. The van der Waals surface area contributed by atoms with Gasteiger partial charge in [-0.25, -0.2) is 13.2 Å². The third-order valence-corrected chi connectivity index (χ3v) is 5.23. The van der Waals surface area contributed by atoms with Crippen LogP contribution >= 0.6 is 0 Å². The number of carbonyl (C=O) groups excluding carboxylic acids is 1. The molecule has 1 rings (SSSR count). The molecule has 0 radical (unpaired) electrons. The largest absolute Gasteiger partial charge is 0.480 e. The first-order chi connectivity index (χ1) is 8.67. The molecule has 0 aromatic heterocycles. The third-order valence-electron chi connectivity index (χ3n) is 3.05. The van der Waals surface area contributed by atoms with Crippen LogP contribution in [0.25, 0.3) is 0 Å². The van der Waals surface area contributed by atoms with Crippen LogP contribution in [0.4, 0.5) is 4.79 Å². The smallest absolute Gasteiger partial charge is 0.323 e. The van der Waals surface area contributed by atoms with Gasteiger partial charge in [-0.2, -0.15) is 4.31 Å². The van der Waals surface area contributed by atoms with Crippen LogP contribution in [0.3, 0.4) is 0 Å². The number of carboxylic acids is 1. The second-order valence-corrected chi connectivity index (χ2v) is 6.84. The van der Waals surface area contributed by atoms with Crippen LogP contribution in [0, 0.1) is 0 Å². The maximum Gasteiger partial charge on any atom is 0.323 e. The number of hydrogen-bond acceptors (Lipinski definition) is 4. The van der Waals surface area contributed by atoms with E-state index in [4.69, 9.17) is 5.11 Å². The summed E-state index contributed by atoms with van der Waals surface area (Å²) in [7, 11) is -0.603. The molecule has 1 heterocycles. The van der Waals surface area contributed by atoms with E-state index in [1.165, 1.54) is 9.80 Å². The predicted molar refractivity (Wildman–Crippen MR) is 68.2 cm³/mol. The van der Waals surface area contributed by atoms with E-state index in [0.29, 0.717) is 0 Å². The first-order valence-electron chi connectivity index (χ1n) is 5.86. The minimum absolute atomic E-state index is 0.125. The maximum absolute atomic E-state index is 12.0. The number of sulfonamides is 1. The summed E-state index contributed by atoms with van der Waals surface area (Å²) in [4.78, 5) is 25.4. The zero-order chi connectivity index (χ0) is 14.8. The molecule has 0 aromatic carbocycles. The van der Waals surface area contributed by atoms with Crippen molar-refractivity contribution in [3.05, 3.63) is 0 Å². The van der Waals surface area contributed by atoms with E-state index >= 15 is 0 Å². The van der Waals surface area contributed by atoms with E-state index in [1.54, 1.807) is 14.1 Å². The van der Waals surface area contributed by atoms with Crippen LogP contribution < -0.4 is 0 Å². The highest BCUT2D eigenvalue weighted by Crippen LogP contribution is 2.13. The summed E-state index contributed by atoms with van der Waals surface area (Å²) < 4.78 is 25.1. The number of aliphatic carboxylic acids is 1. The molecule has 2 amide bonds. The molecule has 1 saturated heterocycles. The summed E-state index contributed by atoms with van der Waals surface area (Å²) in [5.41, 5.74) is 0. The summed E-state index contributed by atoms with van der Waals surface area (Å²) in [6.07, 6.45) is 0. The van der Waals surface area contributed by atoms with Crippen molar-refractivity contribution in [2.45, 2.75) is 12.2 Å². The van der Waals surface area contributed by atoms with E-state index in [2.05, 4.69) is 0 Å². The Kier molecular flexibility index (Phi) is 4.75. The van der Waals surface area contributed by atoms with Crippen LogP contribution in [0.15, 0.2) is 0 Å². The number of rotatable bonds is 3. The molecule has 1 unspecified atom stereocenters. The lowest BCUT2D eigenvalue weighted by Crippen LogP contribution is -2.54. The molecule has 0 spiro atoms. The van der Waals surface area contributed by atoms with Crippen molar-refractivity contribution in [3.8, 4) is 0 Å². The van der Waals surface area contributed by atoms with Gasteiger partial charge in [-0.3, -0.25) is 4.79 Å². The van der Waals surface area contributed by atoms with Crippen LogP contribution in [0.2, 0.25) is 0 Å². The number of carbonyl (C=O) groups is 2. The minimum Gasteiger partial charge on any atom is -0.480 e. The number of piperazine rings is 1. The Balaban J connectivity index is 2.69. The second kappa shape index (κ2) is 5.74. The molecular weight excluding hydrogens is 274 g/mol. The molecule has 0 aliphatic carbocycles. The van der Waals surface area contributed by atoms with Gasteiger partial charge in [-0.05, 0) is 6.92 Å². The second-order valence-electron chi connectivity index (χ2n) is 4.59. The molecule has 0 bridgehead atoms. The summed E-state index contributed by atoms with van der Waals surface area (Å²) in [6, 6.07) is -0.177. The van der Waals surface area contributed by atoms with Gasteiger partial charge in [-0.1, -0.05) is 0 Å². The predicted octanol–water partition coefficient (Wildman–Crippen LogP) is -0.911.